The zero-order chi connectivity index (χ0) is 27.2. The number of aromatic nitrogens is 2. The molecule has 40 heavy (non-hydrogen) atoms. The van der Waals surface area contributed by atoms with E-state index in [4.69, 9.17) is 0 Å². The number of H-pyrrole nitrogens is 2. The van der Waals surface area contributed by atoms with Crippen molar-refractivity contribution in [3.8, 4) is 22.5 Å². The van der Waals surface area contributed by atoms with E-state index in [0.29, 0.717) is 0 Å². The minimum Gasteiger partial charge on any atom is -0.354 e. The summed E-state index contributed by atoms with van der Waals surface area (Å²) in [6.45, 7) is 0. The number of nitrogens with one attached hydrogen (secondary N) is 2. The third kappa shape index (κ3) is 4.40. The minimum atomic E-state index is -0.249. The molecule has 0 bridgehead atoms. The Hall–Kier alpha value is -3.93. The second-order valence-corrected chi connectivity index (χ2v) is 11.7. The van der Waals surface area contributed by atoms with Gasteiger partial charge in [-0.25, -0.2) is 4.39 Å². The van der Waals surface area contributed by atoms with E-state index in [2.05, 4.69) is 139 Å². The highest BCUT2D eigenvalue weighted by atomic mass is 79.9. The summed E-state index contributed by atoms with van der Waals surface area (Å²) in [4.78, 5) is 7.46. The molecule has 0 fully saturated rings. The van der Waals surface area contributed by atoms with Crippen LogP contribution in [0.3, 0.4) is 0 Å². The number of aromatic amines is 2. The van der Waals surface area contributed by atoms with Gasteiger partial charge < -0.3 is 9.97 Å². The largest absolute Gasteiger partial charge is 0.354 e. The molecule has 5 aromatic carbocycles. The van der Waals surface area contributed by atoms with Crippen molar-refractivity contribution in [1.82, 2.24) is 9.97 Å². The summed E-state index contributed by atoms with van der Waals surface area (Å²) in [6, 6.07) is 40.6. The van der Waals surface area contributed by atoms with Crippen LogP contribution in [-0.4, -0.2) is 9.97 Å². The van der Waals surface area contributed by atoms with E-state index in [1.54, 1.807) is 12.1 Å². The Labute approximate surface area is 248 Å². The van der Waals surface area contributed by atoms with E-state index < -0.39 is 0 Å². The van der Waals surface area contributed by atoms with Crippen LogP contribution in [0, 0.1) is 5.82 Å². The molecule has 0 aliphatic heterocycles. The van der Waals surface area contributed by atoms with Crippen molar-refractivity contribution in [3.05, 3.63) is 153 Å². The normalized spacial score (nSPS) is 11.6. The Bertz CT molecular complexity index is 1840. The standard InChI is InChI=1S/C35H23Br2FN2/c36-24-15-9-22(10-16-24)34-32(27-5-1-3-7-29(27)39-34)31(21-13-19-26(38)20-14-21)33-28-6-2-4-8-30(28)40-35(33)23-11-17-25(37)18-12-23/h1-20,31,39-40H. The molecule has 2 nitrogen and oxygen atoms in total. The molecule has 2 N–H and O–H groups in total. The summed E-state index contributed by atoms with van der Waals surface area (Å²) in [7, 11) is 0. The van der Waals surface area contributed by atoms with Crippen molar-refractivity contribution in [2.75, 3.05) is 0 Å². The maximum atomic E-state index is 14.3. The number of hydrogen-bond donors (Lipinski definition) is 2. The van der Waals surface area contributed by atoms with Gasteiger partial charge in [-0.2, -0.15) is 0 Å². The topological polar surface area (TPSA) is 31.6 Å². The molecule has 0 atom stereocenters. The van der Waals surface area contributed by atoms with Crippen LogP contribution in [0.15, 0.2) is 130 Å². The van der Waals surface area contributed by atoms with Crippen LogP contribution in [0.5, 0.6) is 0 Å². The predicted octanol–water partition coefficient (Wildman–Crippen LogP) is 10.8. The molecule has 0 aliphatic carbocycles. The van der Waals surface area contributed by atoms with Gasteiger partial charge in [0.1, 0.15) is 5.82 Å². The number of fused-ring (bicyclic) bond motifs is 2. The van der Waals surface area contributed by atoms with Gasteiger partial charge in [0, 0.05) is 36.7 Å². The van der Waals surface area contributed by atoms with E-state index in [1.807, 2.05) is 12.1 Å². The molecule has 0 spiro atoms. The highest BCUT2D eigenvalue weighted by Crippen LogP contribution is 2.47. The first-order chi connectivity index (χ1) is 19.6. The molecule has 0 saturated heterocycles. The SMILES string of the molecule is Fc1ccc(C(c2c(-c3ccc(Br)cc3)[nH]c3ccccc23)c2c(-c3ccc(Br)cc3)[nH]c3ccccc23)cc1. The Kier molecular flexibility index (Phi) is 6.41. The van der Waals surface area contributed by atoms with Crippen molar-refractivity contribution in [2.24, 2.45) is 0 Å². The molecule has 2 aromatic heterocycles. The van der Waals surface area contributed by atoms with E-state index in [9.17, 15) is 4.39 Å². The molecule has 194 valence electrons. The summed E-state index contributed by atoms with van der Waals surface area (Å²) >= 11 is 7.18. The van der Waals surface area contributed by atoms with Crippen molar-refractivity contribution < 1.29 is 4.39 Å². The zero-order valence-electron chi connectivity index (χ0n) is 21.3. The lowest BCUT2D eigenvalue weighted by molar-refractivity contribution is 0.627. The van der Waals surface area contributed by atoms with Gasteiger partial charge in [-0.3, -0.25) is 0 Å². The third-order valence-corrected chi connectivity index (χ3v) is 8.60. The first kappa shape index (κ1) is 25.1. The van der Waals surface area contributed by atoms with Gasteiger partial charge in [0.25, 0.3) is 0 Å². The van der Waals surface area contributed by atoms with Gasteiger partial charge in [0.2, 0.25) is 0 Å². The quantitative estimate of drug-likeness (QED) is 0.186. The number of hydrogen-bond acceptors (Lipinski definition) is 0. The van der Waals surface area contributed by atoms with Gasteiger partial charge in [0.05, 0.1) is 11.4 Å². The van der Waals surface area contributed by atoms with Crippen LogP contribution in [0.2, 0.25) is 0 Å². The molecule has 0 unspecified atom stereocenters. The fourth-order valence-corrected chi connectivity index (χ4v) is 6.28. The molecular weight excluding hydrogens is 627 g/mol. The van der Waals surface area contributed by atoms with Gasteiger partial charge in [-0.1, -0.05) is 105 Å². The minimum absolute atomic E-state index is 0.190. The molecule has 7 aromatic rings. The van der Waals surface area contributed by atoms with Gasteiger partial charge in [-0.05, 0) is 76.3 Å². The van der Waals surface area contributed by atoms with Crippen LogP contribution in [0.1, 0.15) is 22.6 Å². The Morgan fingerprint density at radius 1 is 0.500 bits per heavy atom. The molecule has 0 radical (unpaired) electrons. The first-order valence-corrected chi connectivity index (χ1v) is 14.6. The van der Waals surface area contributed by atoms with Gasteiger partial charge in [0.15, 0.2) is 0 Å². The highest BCUT2D eigenvalue weighted by Gasteiger charge is 2.30. The lowest BCUT2D eigenvalue weighted by Gasteiger charge is -2.22. The fourth-order valence-electron chi connectivity index (χ4n) is 5.75. The number of rotatable bonds is 5. The molecule has 5 heteroatoms. The Morgan fingerprint density at radius 2 is 0.925 bits per heavy atom. The summed E-state index contributed by atoms with van der Waals surface area (Å²) in [6.07, 6.45) is 0. The molecule has 2 heterocycles. The highest BCUT2D eigenvalue weighted by molar-refractivity contribution is 9.10. The van der Waals surface area contributed by atoms with E-state index in [0.717, 1.165) is 70.0 Å². The van der Waals surface area contributed by atoms with E-state index in [1.165, 1.54) is 0 Å². The van der Waals surface area contributed by atoms with Crippen LogP contribution in [0.4, 0.5) is 4.39 Å². The van der Waals surface area contributed by atoms with Crippen molar-refractivity contribution in [1.29, 1.82) is 0 Å². The van der Waals surface area contributed by atoms with Crippen molar-refractivity contribution >= 4 is 53.7 Å². The van der Waals surface area contributed by atoms with Gasteiger partial charge >= 0.3 is 0 Å². The maximum Gasteiger partial charge on any atom is 0.123 e. The summed E-state index contributed by atoms with van der Waals surface area (Å²) in [5.74, 6) is -0.438. The van der Waals surface area contributed by atoms with E-state index in [-0.39, 0.29) is 11.7 Å². The number of benzene rings is 5. The molecule has 7 rings (SSSR count). The Morgan fingerprint density at radius 3 is 1.38 bits per heavy atom. The molecule has 0 aliphatic rings. The number of para-hydroxylation sites is 2. The second-order valence-electron chi connectivity index (χ2n) is 9.92. The van der Waals surface area contributed by atoms with Crippen LogP contribution in [-0.2, 0) is 0 Å². The monoisotopic (exact) mass is 648 g/mol. The lowest BCUT2D eigenvalue weighted by Crippen LogP contribution is -2.06. The molecule has 0 amide bonds. The van der Waals surface area contributed by atoms with Crippen molar-refractivity contribution in [3.63, 3.8) is 0 Å². The molecule has 0 saturated carbocycles. The van der Waals surface area contributed by atoms with Crippen molar-refractivity contribution in [2.45, 2.75) is 5.92 Å². The summed E-state index contributed by atoms with van der Waals surface area (Å²) < 4.78 is 16.3. The van der Waals surface area contributed by atoms with Crippen LogP contribution < -0.4 is 0 Å². The third-order valence-electron chi connectivity index (χ3n) is 7.54. The van der Waals surface area contributed by atoms with E-state index >= 15 is 0 Å². The maximum absolute atomic E-state index is 14.3. The van der Waals surface area contributed by atoms with Gasteiger partial charge in [-0.15, -0.1) is 0 Å². The molecular formula is C35H23Br2FN2. The second kappa shape index (κ2) is 10.2. The average molecular weight is 650 g/mol. The first-order valence-electron chi connectivity index (χ1n) is 13.1. The average Bonchev–Trinajstić information content (AvgIpc) is 3.55. The number of halogens is 3. The Balaban J connectivity index is 1.61. The smallest absolute Gasteiger partial charge is 0.123 e. The fraction of sp³-hybridized carbons (Fsp3) is 0.0286. The summed E-state index contributed by atoms with van der Waals surface area (Å²) in [5.41, 5.74) is 9.75. The zero-order valence-corrected chi connectivity index (χ0v) is 24.4. The predicted molar refractivity (Wildman–Crippen MR) is 170 cm³/mol. The summed E-state index contributed by atoms with van der Waals surface area (Å²) in [5, 5.41) is 2.28. The van der Waals surface area contributed by atoms with Crippen LogP contribution in [0.25, 0.3) is 44.3 Å². The lowest BCUT2D eigenvalue weighted by atomic mass is 9.80. The van der Waals surface area contributed by atoms with Crippen LogP contribution >= 0.6 is 31.9 Å².